The molecule has 0 spiro atoms. The van der Waals surface area contributed by atoms with Crippen molar-refractivity contribution in [2.75, 3.05) is 4.72 Å². The number of nitrogens with zero attached hydrogens (tertiary/aromatic N) is 2. The van der Waals surface area contributed by atoms with Crippen LogP contribution in [0.5, 0.6) is 11.6 Å². The first-order valence-electron chi connectivity index (χ1n) is 10.9. The maximum absolute atomic E-state index is 13.2. The van der Waals surface area contributed by atoms with E-state index in [0.717, 1.165) is 16.7 Å². The number of benzene rings is 3. The van der Waals surface area contributed by atoms with Crippen molar-refractivity contribution in [3.05, 3.63) is 95.1 Å². The number of carbonyl (C=O) groups is 1. The standard InChI is InChI=1S/C26H22N4O4S/c1-16-6-3-7-17(2)24(16)22-14-23-29-26(28-22)30-35(32,33)21-11-4-8-18(12-21)15-27-25(31)19-9-5-10-20(13-19)34-23/h3-14H,15H2,1-2H3,(H,27,31)(H,28,29,30). The zero-order valence-corrected chi connectivity index (χ0v) is 19.9. The molecule has 9 heteroatoms. The molecule has 8 nitrogen and oxygen atoms in total. The van der Waals surface area contributed by atoms with Gasteiger partial charge in [-0.2, -0.15) is 4.98 Å². The number of rotatable bonds is 1. The Morgan fingerprint density at radius 3 is 2.43 bits per heavy atom. The molecular weight excluding hydrogens is 464 g/mol. The van der Waals surface area contributed by atoms with E-state index in [1.54, 1.807) is 42.5 Å². The molecule has 1 amide bonds. The molecule has 35 heavy (non-hydrogen) atoms. The van der Waals surface area contributed by atoms with Crippen LogP contribution >= 0.6 is 0 Å². The molecule has 2 N–H and O–H groups in total. The number of nitrogens with one attached hydrogen (secondary N) is 2. The van der Waals surface area contributed by atoms with Gasteiger partial charge >= 0.3 is 0 Å². The third-order valence-corrected chi connectivity index (χ3v) is 6.97. The number of sulfonamides is 1. The largest absolute Gasteiger partial charge is 0.439 e. The van der Waals surface area contributed by atoms with E-state index in [1.165, 1.54) is 12.1 Å². The summed E-state index contributed by atoms with van der Waals surface area (Å²) in [6.07, 6.45) is 0. The van der Waals surface area contributed by atoms with E-state index in [4.69, 9.17) is 4.74 Å². The number of aromatic nitrogens is 2. The molecule has 1 aliphatic heterocycles. The minimum Gasteiger partial charge on any atom is -0.439 e. The van der Waals surface area contributed by atoms with Crippen LogP contribution in [0.1, 0.15) is 27.0 Å². The van der Waals surface area contributed by atoms with Gasteiger partial charge < -0.3 is 10.1 Å². The predicted molar refractivity (Wildman–Crippen MR) is 132 cm³/mol. The highest BCUT2D eigenvalue weighted by Crippen LogP contribution is 2.31. The fourth-order valence-electron chi connectivity index (χ4n) is 3.98. The number of fused-ring (bicyclic) bond motifs is 6. The number of ether oxygens (including phenoxy) is 1. The number of amides is 1. The van der Waals surface area contributed by atoms with Crippen molar-refractivity contribution in [3.8, 4) is 22.9 Å². The van der Waals surface area contributed by atoms with Gasteiger partial charge in [-0.05, 0) is 60.9 Å². The summed E-state index contributed by atoms with van der Waals surface area (Å²) in [6.45, 7) is 4.07. The Balaban J connectivity index is 1.70. The number of hydrogen-bond donors (Lipinski definition) is 2. The summed E-state index contributed by atoms with van der Waals surface area (Å²) in [5, 5.41) is 2.81. The second kappa shape index (κ2) is 8.84. The molecule has 0 atom stereocenters. The first-order chi connectivity index (χ1) is 16.8. The van der Waals surface area contributed by atoms with Crippen LogP contribution < -0.4 is 14.8 Å². The molecule has 3 aromatic carbocycles. The van der Waals surface area contributed by atoms with Crippen molar-refractivity contribution < 1.29 is 17.9 Å². The second-order valence-electron chi connectivity index (χ2n) is 8.25. The highest BCUT2D eigenvalue weighted by Gasteiger charge is 2.20. The Kier molecular flexibility index (Phi) is 5.70. The van der Waals surface area contributed by atoms with Crippen LogP contribution in [0.25, 0.3) is 11.3 Å². The Morgan fingerprint density at radius 1 is 0.886 bits per heavy atom. The normalized spacial score (nSPS) is 14.5. The van der Waals surface area contributed by atoms with Gasteiger partial charge in [0.15, 0.2) is 0 Å². The van der Waals surface area contributed by atoms with E-state index in [1.807, 2.05) is 32.0 Å². The van der Waals surface area contributed by atoms with Crippen LogP contribution in [-0.4, -0.2) is 24.3 Å². The van der Waals surface area contributed by atoms with Gasteiger partial charge in [-0.25, -0.2) is 18.1 Å². The first kappa shape index (κ1) is 22.5. The van der Waals surface area contributed by atoms with Gasteiger partial charge in [0.2, 0.25) is 11.8 Å². The lowest BCUT2D eigenvalue weighted by Gasteiger charge is -2.14. The Bertz CT molecular complexity index is 1550. The summed E-state index contributed by atoms with van der Waals surface area (Å²) in [6, 6.07) is 20.5. The zero-order valence-electron chi connectivity index (χ0n) is 19.1. The maximum Gasteiger partial charge on any atom is 0.264 e. The second-order valence-corrected chi connectivity index (χ2v) is 9.93. The molecule has 6 bridgehead atoms. The van der Waals surface area contributed by atoms with Crippen molar-refractivity contribution in [3.63, 3.8) is 0 Å². The van der Waals surface area contributed by atoms with E-state index in [2.05, 4.69) is 20.0 Å². The van der Waals surface area contributed by atoms with E-state index in [-0.39, 0.29) is 29.2 Å². The third kappa shape index (κ3) is 4.71. The van der Waals surface area contributed by atoms with Gasteiger partial charge in [0.1, 0.15) is 5.75 Å². The molecule has 0 fully saturated rings. The van der Waals surface area contributed by atoms with E-state index < -0.39 is 10.0 Å². The molecule has 1 aromatic heterocycles. The Labute approximate surface area is 203 Å². The van der Waals surface area contributed by atoms with Crippen LogP contribution in [0, 0.1) is 13.8 Å². The minimum atomic E-state index is -4.01. The van der Waals surface area contributed by atoms with Gasteiger partial charge in [-0.1, -0.05) is 36.4 Å². The topological polar surface area (TPSA) is 110 Å². The van der Waals surface area contributed by atoms with Gasteiger partial charge in [0.25, 0.3) is 15.9 Å². The zero-order chi connectivity index (χ0) is 24.6. The monoisotopic (exact) mass is 486 g/mol. The third-order valence-electron chi connectivity index (χ3n) is 5.65. The number of hydrogen-bond acceptors (Lipinski definition) is 6. The fourth-order valence-corrected chi connectivity index (χ4v) is 4.99. The molecule has 2 heterocycles. The lowest BCUT2D eigenvalue weighted by molar-refractivity contribution is 0.0950. The quantitative estimate of drug-likeness (QED) is 0.407. The molecule has 0 aliphatic carbocycles. The summed E-state index contributed by atoms with van der Waals surface area (Å²) in [4.78, 5) is 21.6. The Hall–Kier alpha value is -4.24. The molecule has 1 aliphatic rings. The van der Waals surface area contributed by atoms with Crippen LogP contribution in [-0.2, 0) is 16.6 Å². The average molecular weight is 487 g/mol. The summed E-state index contributed by atoms with van der Waals surface area (Å²) >= 11 is 0. The maximum atomic E-state index is 13.2. The van der Waals surface area contributed by atoms with E-state index in [9.17, 15) is 13.2 Å². The lowest BCUT2D eigenvalue weighted by atomic mass is 10.00. The van der Waals surface area contributed by atoms with Crippen molar-refractivity contribution in [2.24, 2.45) is 0 Å². The molecule has 0 radical (unpaired) electrons. The van der Waals surface area contributed by atoms with Crippen molar-refractivity contribution in [1.29, 1.82) is 0 Å². The molecule has 5 rings (SSSR count). The molecule has 0 unspecified atom stereocenters. The van der Waals surface area contributed by atoms with E-state index >= 15 is 0 Å². The molecular formula is C26H22N4O4S. The smallest absolute Gasteiger partial charge is 0.264 e. The van der Waals surface area contributed by atoms with E-state index in [0.29, 0.717) is 22.6 Å². The molecule has 0 saturated heterocycles. The van der Waals surface area contributed by atoms with Crippen molar-refractivity contribution in [2.45, 2.75) is 25.3 Å². The predicted octanol–water partition coefficient (Wildman–Crippen LogP) is 4.60. The lowest BCUT2D eigenvalue weighted by Crippen LogP contribution is -2.23. The van der Waals surface area contributed by atoms with Crippen LogP contribution in [0.2, 0.25) is 0 Å². The fraction of sp³-hybridized carbons (Fsp3) is 0.115. The van der Waals surface area contributed by atoms with Gasteiger partial charge in [-0.3, -0.25) is 4.79 Å². The van der Waals surface area contributed by atoms with Crippen molar-refractivity contribution >= 4 is 21.9 Å². The van der Waals surface area contributed by atoms with Gasteiger partial charge in [0.05, 0.1) is 10.6 Å². The summed E-state index contributed by atoms with van der Waals surface area (Å²) < 4.78 is 34.8. The SMILES string of the molecule is Cc1cccc(C)c1-c1cc2nc(n1)NS(=O)(=O)c1cccc(c1)CNC(=O)c1cccc(c1)O2. The number of carbonyl (C=O) groups excluding carboxylic acids is 1. The first-order valence-corrected chi connectivity index (χ1v) is 12.4. The highest BCUT2D eigenvalue weighted by atomic mass is 32.2. The minimum absolute atomic E-state index is 0.0308. The van der Waals surface area contributed by atoms with Gasteiger partial charge in [-0.15, -0.1) is 0 Å². The van der Waals surface area contributed by atoms with Crippen LogP contribution in [0.4, 0.5) is 5.95 Å². The molecule has 0 saturated carbocycles. The molecule has 4 aromatic rings. The van der Waals surface area contributed by atoms with Gasteiger partial charge in [0, 0.05) is 23.7 Å². The molecule has 176 valence electrons. The van der Waals surface area contributed by atoms with Crippen molar-refractivity contribution in [1.82, 2.24) is 15.3 Å². The number of anilines is 1. The highest BCUT2D eigenvalue weighted by molar-refractivity contribution is 7.92. The Morgan fingerprint density at radius 2 is 1.63 bits per heavy atom. The van der Waals surface area contributed by atoms with Crippen LogP contribution in [0.15, 0.2) is 77.7 Å². The summed E-state index contributed by atoms with van der Waals surface area (Å²) in [5.41, 5.74) is 4.35. The number of aryl methyl sites for hydroxylation is 2. The summed E-state index contributed by atoms with van der Waals surface area (Å²) in [5.74, 6) is 0.0895. The summed E-state index contributed by atoms with van der Waals surface area (Å²) in [7, 11) is -4.01. The average Bonchev–Trinajstić information content (AvgIpc) is 2.82. The van der Waals surface area contributed by atoms with Crippen LogP contribution in [0.3, 0.4) is 0 Å².